The van der Waals surface area contributed by atoms with E-state index in [1.165, 1.54) is 0 Å². The molecule has 0 unspecified atom stereocenters. The molecular formula is C13H23Cl2N5O. The first kappa shape index (κ1) is 18.2. The van der Waals surface area contributed by atoms with Crippen LogP contribution < -0.4 is 5.73 Å². The van der Waals surface area contributed by atoms with E-state index in [4.69, 9.17) is 5.73 Å². The Morgan fingerprint density at radius 1 is 1.33 bits per heavy atom. The summed E-state index contributed by atoms with van der Waals surface area (Å²) in [6.07, 6.45) is 3.91. The Morgan fingerprint density at radius 2 is 2.10 bits per heavy atom. The Kier molecular flexibility index (Phi) is 6.43. The van der Waals surface area contributed by atoms with Crippen LogP contribution in [-0.2, 0) is 17.9 Å². The van der Waals surface area contributed by atoms with E-state index in [1.807, 2.05) is 16.5 Å². The molecule has 8 heteroatoms. The standard InChI is InChI=1S/C13H21N5O.2ClH/c1-9-15-12-8-17(5-6-18(12)16-9)13(19)7-10-3-2-4-11(10)14;;/h10-11H,2-8,14H2,1H3;2*1H/t10-,11+;;/m0../s1. The Balaban J connectivity index is 0.00000110. The van der Waals surface area contributed by atoms with E-state index >= 15 is 0 Å². The molecule has 0 saturated heterocycles. The van der Waals surface area contributed by atoms with Gasteiger partial charge in [0.15, 0.2) is 0 Å². The quantitative estimate of drug-likeness (QED) is 0.883. The highest BCUT2D eigenvalue weighted by molar-refractivity contribution is 5.85. The van der Waals surface area contributed by atoms with Crippen molar-refractivity contribution in [2.24, 2.45) is 11.7 Å². The Bertz CT molecular complexity index is 493. The highest BCUT2D eigenvalue weighted by Gasteiger charge is 2.29. The summed E-state index contributed by atoms with van der Waals surface area (Å²) in [5.41, 5.74) is 6.04. The summed E-state index contributed by atoms with van der Waals surface area (Å²) in [6.45, 7) is 3.95. The number of halogens is 2. The molecule has 1 aromatic rings. The number of hydrogen-bond donors (Lipinski definition) is 1. The highest BCUT2D eigenvalue weighted by Crippen LogP contribution is 2.27. The van der Waals surface area contributed by atoms with Crippen molar-refractivity contribution in [2.45, 2.75) is 51.7 Å². The molecule has 1 aliphatic carbocycles. The molecule has 2 aliphatic rings. The van der Waals surface area contributed by atoms with E-state index in [1.54, 1.807) is 0 Å². The van der Waals surface area contributed by atoms with Crippen molar-refractivity contribution in [2.75, 3.05) is 6.54 Å². The maximum absolute atomic E-state index is 12.3. The van der Waals surface area contributed by atoms with Gasteiger partial charge >= 0.3 is 0 Å². The summed E-state index contributed by atoms with van der Waals surface area (Å²) >= 11 is 0. The number of nitrogens with two attached hydrogens (primary N) is 1. The van der Waals surface area contributed by atoms with Gasteiger partial charge in [0.2, 0.25) is 5.91 Å². The van der Waals surface area contributed by atoms with Gasteiger partial charge in [0.05, 0.1) is 13.1 Å². The fourth-order valence-corrected chi connectivity index (χ4v) is 3.15. The lowest BCUT2D eigenvalue weighted by Crippen LogP contribution is -2.40. The maximum atomic E-state index is 12.3. The second-order valence-electron chi connectivity index (χ2n) is 5.67. The van der Waals surface area contributed by atoms with Crippen molar-refractivity contribution in [3.05, 3.63) is 11.6 Å². The second kappa shape index (κ2) is 7.42. The van der Waals surface area contributed by atoms with Crippen LogP contribution in [0.2, 0.25) is 0 Å². The summed E-state index contributed by atoms with van der Waals surface area (Å²) in [4.78, 5) is 18.6. The number of amides is 1. The molecule has 1 saturated carbocycles. The van der Waals surface area contributed by atoms with Gasteiger partial charge in [-0.25, -0.2) is 9.67 Å². The zero-order chi connectivity index (χ0) is 13.4. The first-order valence-corrected chi connectivity index (χ1v) is 7.07. The smallest absolute Gasteiger partial charge is 0.223 e. The van der Waals surface area contributed by atoms with E-state index < -0.39 is 0 Å². The third kappa shape index (κ3) is 3.87. The molecule has 1 fully saturated rings. The van der Waals surface area contributed by atoms with Crippen molar-refractivity contribution >= 4 is 30.7 Å². The molecule has 0 spiro atoms. The predicted molar refractivity (Wildman–Crippen MR) is 84.6 cm³/mol. The average molecular weight is 336 g/mol. The molecular weight excluding hydrogens is 313 g/mol. The van der Waals surface area contributed by atoms with E-state index in [0.717, 1.165) is 44.0 Å². The van der Waals surface area contributed by atoms with Crippen molar-refractivity contribution in [1.82, 2.24) is 19.7 Å². The van der Waals surface area contributed by atoms with Gasteiger partial charge in [-0.3, -0.25) is 4.79 Å². The number of carbonyl (C=O) groups excluding carboxylic acids is 1. The van der Waals surface area contributed by atoms with Crippen LogP contribution in [0.5, 0.6) is 0 Å². The molecule has 3 rings (SSSR count). The molecule has 0 radical (unpaired) electrons. The monoisotopic (exact) mass is 335 g/mol. The van der Waals surface area contributed by atoms with Gasteiger partial charge in [0.25, 0.3) is 0 Å². The number of carbonyl (C=O) groups is 1. The minimum atomic E-state index is 0. The summed E-state index contributed by atoms with van der Waals surface area (Å²) in [5.74, 6) is 2.26. The van der Waals surface area contributed by atoms with Gasteiger partial charge in [-0.15, -0.1) is 24.8 Å². The molecule has 0 bridgehead atoms. The Hall–Kier alpha value is -0.850. The summed E-state index contributed by atoms with van der Waals surface area (Å²) in [7, 11) is 0. The Labute approximate surface area is 137 Å². The highest BCUT2D eigenvalue weighted by atomic mass is 35.5. The lowest BCUT2D eigenvalue weighted by atomic mass is 9.99. The normalized spacial score (nSPS) is 24.0. The largest absolute Gasteiger partial charge is 0.333 e. The zero-order valence-corrected chi connectivity index (χ0v) is 13.8. The number of nitrogens with zero attached hydrogens (tertiary/aromatic N) is 4. The lowest BCUT2D eigenvalue weighted by molar-refractivity contribution is -0.133. The van der Waals surface area contributed by atoms with Crippen LogP contribution in [0.15, 0.2) is 0 Å². The van der Waals surface area contributed by atoms with Crippen LogP contribution in [0.1, 0.15) is 37.3 Å². The molecule has 2 heterocycles. The first-order valence-electron chi connectivity index (χ1n) is 7.07. The molecule has 6 nitrogen and oxygen atoms in total. The van der Waals surface area contributed by atoms with E-state index in [-0.39, 0.29) is 36.8 Å². The molecule has 2 atom stereocenters. The van der Waals surface area contributed by atoms with E-state index in [9.17, 15) is 4.79 Å². The van der Waals surface area contributed by atoms with E-state index in [0.29, 0.717) is 18.9 Å². The van der Waals surface area contributed by atoms with Crippen LogP contribution in [0, 0.1) is 12.8 Å². The van der Waals surface area contributed by atoms with Gasteiger partial charge in [-0.2, -0.15) is 5.10 Å². The molecule has 2 N–H and O–H groups in total. The summed E-state index contributed by atoms with van der Waals surface area (Å²) in [6, 6.07) is 0.208. The lowest BCUT2D eigenvalue weighted by Gasteiger charge is -2.28. The van der Waals surface area contributed by atoms with Gasteiger partial charge in [-0.05, 0) is 25.7 Å². The summed E-state index contributed by atoms with van der Waals surface area (Å²) < 4.78 is 1.90. The van der Waals surface area contributed by atoms with Gasteiger partial charge in [0, 0.05) is 19.0 Å². The van der Waals surface area contributed by atoms with Crippen molar-refractivity contribution in [3.63, 3.8) is 0 Å². The molecule has 21 heavy (non-hydrogen) atoms. The predicted octanol–water partition coefficient (Wildman–Crippen LogP) is 1.29. The van der Waals surface area contributed by atoms with Crippen LogP contribution in [0.25, 0.3) is 0 Å². The molecule has 1 aromatic heterocycles. The number of fused-ring (bicyclic) bond motifs is 1. The topological polar surface area (TPSA) is 77.0 Å². The average Bonchev–Trinajstić information content (AvgIpc) is 2.93. The van der Waals surface area contributed by atoms with Gasteiger partial charge in [-0.1, -0.05) is 6.42 Å². The van der Waals surface area contributed by atoms with Crippen LogP contribution in [-0.4, -0.2) is 38.2 Å². The molecule has 1 aliphatic heterocycles. The number of rotatable bonds is 2. The van der Waals surface area contributed by atoms with Crippen LogP contribution in [0.3, 0.4) is 0 Å². The fraction of sp³-hybridized carbons (Fsp3) is 0.769. The molecule has 0 aromatic carbocycles. The van der Waals surface area contributed by atoms with Crippen molar-refractivity contribution in [3.8, 4) is 0 Å². The van der Waals surface area contributed by atoms with Crippen molar-refractivity contribution in [1.29, 1.82) is 0 Å². The van der Waals surface area contributed by atoms with E-state index in [2.05, 4.69) is 10.1 Å². The van der Waals surface area contributed by atoms with Crippen molar-refractivity contribution < 1.29 is 4.79 Å². The minimum absolute atomic E-state index is 0. The Morgan fingerprint density at radius 3 is 2.76 bits per heavy atom. The number of aryl methyl sites for hydroxylation is 1. The number of hydrogen-bond acceptors (Lipinski definition) is 4. The minimum Gasteiger partial charge on any atom is -0.333 e. The SMILES string of the molecule is Cc1nc2n(n1)CCN(C(=O)C[C@@H]1CCC[C@H]1N)C2.Cl.Cl. The molecule has 1 amide bonds. The summed E-state index contributed by atoms with van der Waals surface area (Å²) in [5, 5.41) is 4.31. The van der Waals surface area contributed by atoms with Crippen LogP contribution >= 0.6 is 24.8 Å². The van der Waals surface area contributed by atoms with Gasteiger partial charge in [0.1, 0.15) is 11.6 Å². The fourth-order valence-electron chi connectivity index (χ4n) is 3.15. The first-order chi connectivity index (χ1) is 9.13. The van der Waals surface area contributed by atoms with Crippen LogP contribution in [0.4, 0.5) is 0 Å². The molecule has 120 valence electrons. The van der Waals surface area contributed by atoms with Gasteiger partial charge < -0.3 is 10.6 Å². The maximum Gasteiger partial charge on any atom is 0.223 e. The number of aromatic nitrogens is 3. The second-order valence-corrected chi connectivity index (χ2v) is 5.67. The zero-order valence-electron chi connectivity index (χ0n) is 12.2. The third-order valence-electron chi connectivity index (χ3n) is 4.28. The third-order valence-corrected chi connectivity index (χ3v) is 4.28.